The molecule has 2 nitrogen and oxygen atoms in total. The van der Waals surface area contributed by atoms with Crippen LogP contribution in [0.25, 0.3) is 11.1 Å². The molecular weight excluding hydrogens is 282 g/mol. The average Bonchev–Trinajstić information content (AvgIpc) is 2.62. The van der Waals surface area contributed by atoms with E-state index in [0.29, 0.717) is 5.57 Å². The van der Waals surface area contributed by atoms with Crippen LogP contribution in [0.2, 0.25) is 0 Å². The van der Waals surface area contributed by atoms with Crippen molar-refractivity contribution in [2.24, 2.45) is 0 Å². The van der Waals surface area contributed by atoms with Crippen LogP contribution in [0.5, 0.6) is 11.5 Å². The molecule has 0 aromatic heterocycles. The monoisotopic (exact) mass is 295 g/mol. The quantitative estimate of drug-likeness (QED) is 0.448. The van der Waals surface area contributed by atoms with Crippen LogP contribution in [0, 0.1) is 11.3 Å². The highest BCUT2D eigenvalue weighted by atomic mass is 16.5. The summed E-state index contributed by atoms with van der Waals surface area (Å²) in [6, 6.07) is 27.9. The molecule has 23 heavy (non-hydrogen) atoms. The smallest absolute Gasteiger partial charge is 0.135 e. The van der Waals surface area contributed by atoms with Crippen molar-refractivity contribution in [1.29, 1.82) is 5.26 Å². The fraction of sp³-hybridized carbons (Fsp3) is 0. The molecule has 0 spiro atoms. The lowest BCUT2D eigenvalue weighted by Gasteiger charge is -2.24. The molecular formula is C21H13NO. The number of hydrogen-bond donors (Lipinski definition) is 0. The molecule has 0 fully saturated rings. The first-order valence-electron chi connectivity index (χ1n) is 7.45. The number of nitrogens with zero attached hydrogens (tertiary/aromatic N) is 1. The summed E-state index contributed by atoms with van der Waals surface area (Å²) in [4.78, 5) is 0. The lowest BCUT2D eigenvalue weighted by Crippen LogP contribution is -2.04. The van der Waals surface area contributed by atoms with Gasteiger partial charge in [-0.1, -0.05) is 66.7 Å². The molecule has 0 amide bonds. The van der Waals surface area contributed by atoms with Crippen LogP contribution in [-0.4, -0.2) is 0 Å². The van der Waals surface area contributed by atoms with Crippen molar-refractivity contribution in [3.63, 3.8) is 0 Å². The largest absolute Gasteiger partial charge is 0.456 e. The summed E-state index contributed by atoms with van der Waals surface area (Å²) in [5, 5.41) is 9.83. The van der Waals surface area contributed by atoms with Crippen LogP contribution >= 0.6 is 0 Å². The fourth-order valence-corrected chi connectivity index (χ4v) is 2.93. The van der Waals surface area contributed by atoms with Crippen molar-refractivity contribution in [3.8, 4) is 17.6 Å². The predicted molar refractivity (Wildman–Crippen MR) is 90.9 cm³/mol. The van der Waals surface area contributed by atoms with E-state index in [9.17, 15) is 5.26 Å². The second kappa shape index (κ2) is 5.47. The lowest BCUT2D eigenvalue weighted by molar-refractivity contribution is 0.474. The van der Waals surface area contributed by atoms with Gasteiger partial charge in [0.25, 0.3) is 0 Å². The highest BCUT2D eigenvalue weighted by molar-refractivity contribution is 6.06. The SMILES string of the molecule is N#CC(=C1c2ccccc2Oc2ccccc21)c1ccccc1. The number of benzene rings is 3. The molecule has 1 aliphatic rings. The molecule has 1 aliphatic heterocycles. The molecule has 0 radical (unpaired) electrons. The second-order valence-electron chi connectivity index (χ2n) is 5.32. The highest BCUT2D eigenvalue weighted by Crippen LogP contribution is 2.46. The molecule has 3 aromatic carbocycles. The van der Waals surface area contributed by atoms with Crippen molar-refractivity contribution in [3.05, 3.63) is 95.6 Å². The van der Waals surface area contributed by atoms with Gasteiger partial charge in [0.05, 0.1) is 5.57 Å². The van der Waals surface area contributed by atoms with Crippen LogP contribution in [0.3, 0.4) is 0 Å². The first kappa shape index (κ1) is 13.4. The van der Waals surface area contributed by atoms with E-state index < -0.39 is 0 Å². The van der Waals surface area contributed by atoms with E-state index in [0.717, 1.165) is 33.8 Å². The minimum Gasteiger partial charge on any atom is -0.456 e. The minimum atomic E-state index is 0.661. The van der Waals surface area contributed by atoms with Gasteiger partial charge < -0.3 is 4.74 Å². The summed E-state index contributed by atoms with van der Waals surface area (Å²) in [7, 11) is 0. The summed E-state index contributed by atoms with van der Waals surface area (Å²) in [5.41, 5.74) is 4.40. The first-order chi connectivity index (χ1) is 11.4. The number of nitriles is 1. The van der Waals surface area contributed by atoms with Gasteiger partial charge in [0.2, 0.25) is 0 Å². The molecule has 3 aromatic rings. The van der Waals surface area contributed by atoms with Crippen molar-refractivity contribution < 1.29 is 4.74 Å². The molecule has 1 heterocycles. The Labute approximate surface area is 134 Å². The van der Waals surface area contributed by atoms with E-state index in [1.807, 2.05) is 78.9 Å². The zero-order valence-electron chi connectivity index (χ0n) is 12.4. The van der Waals surface area contributed by atoms with Crippen molar-refractivity contribution in [2.75, 3.05) is 0 Å². The highest BCUT2D eigenvalue weighted by Gasteiger charge is 2.24. The Morgan fingerprint density at radius 2 is 1.22 bits per heavy atom. The summed E-state index contributed by atoms with van der Waals surface area (Å²) >= 11 is 0. The Balaban J connectivity index is 2.08. The van der Waals surface area contributed by atoms with Gasteiger partial charge in [-0.3, -0.25) is 0 Å². The minimum absolute atomic E-state index is 0.661. The summed E-state index contributed by atoms with van der Waals surface area (Å²) in [5.74, 6) is 1.56. The average molecular weight is 295 g/mol. The zero-order chi connectivity index (χ0) is 15.6. The molecule has 0 bridgehead atoms. The number of allylic oxidation sites excluding steroid dienone is 1. The number of rotatable bonds is 1. The Bertz CT molecular complexity index is 901. The Hall–Kier alpha value is -3.31. The molecule has 0 aliphatic carbocycles. The summed E-state index contributed by atoms with van der Waals surface area (Å²) in [6.07, 6.45) is 0. The summed E-state index contributed by atoms with van der Waals surface area (Å²) in [6.45, 7) is 0. The lowest BCUT2D eigenvalue weighted by atomic mass is 9.88. The number of fused-ring (bicyclic) bond motifs is 2. The van der Waals surface area contributed by atoms with Gasteiger partial charge in [-0.15, -0.1) is 0 Å². The maximum atomic E-state index is 9.83. The molecule has 0 saturated carbocycles. The van der Waals surface area contributed by atoms with Crippen molar-refractivity contribution >= 4 is 11.1 Å². The third-order valence-electron chi connectivity index (χ3n) is 3.96. The van der Waals surface area contributed by atoms with E-state index >= 15 is 0 Å². The van der Waals surface area contributed by atoms with E-state index in [1.54, 1.807) is 0 Å². The zero-order valence-corrected chi connectivity index (χ0v) is 12.4. The van der Waals surface area contributed by atoms with E-state index in [1.165, 1.54) is 0 Å². The van der Waals surface area contributed by atoms with Crippen molar-refractivity contribution in [1.82, 2.24) is 0 Å². The van der Waals surface area contributed by atoms with E-state index in [4.69, 9.17) is 4.74 Å². The number of para-hydroxylation sites is 2. The molecule has 2 heteroatoms. The van der Waals surface area contributed by atoms with Gasteiger partial charge in [-0.05, 0) is 17.7 Å². The van der Waals surface area contributed by atoms with Crippen LogP contribution in [-0.2, 0) is 0 Å². The van der Waals surface area contributed by atoms with Crippen LogP contribution in [0.15, 0.2) is 78.9 Å². The Morgan fingerprint density at radius 3 is 1.78 bits per heavy atom. The standard InChI is InChI=1S/C21H13NO/c22-14-18(15-8-2-1-3-9-15)21-16-10-4-6-12-19(16)23-20-13-7-5-11-17(20)21/h1-13H. The van der Waals surface area contributed by atoms with Crippen LogP contribution in [0.4, 0.5) is 0 Å². The van der Waals surface area contributed by atoms with Gasteiger partial charge in [-0.25, -0.2) is 0 Å². The number of ether oxygens (including phenoxy) is 1. The van der Waals surface area contributed by atoms with Gasteiger partial charge >= 0.3 is 0 Å². The molecule has 0 atom stereocenters. The van der Waals surface area contributed by atoms with Gasteiger partial charge in [0, 0.05) is 16.7 Å². The number of hydrogen-bond acceptors (Lipinski definition) is 2. The Kier molecular flexibility index (Phi) is 3.18. The molecule has 108 valence electrons. The van der Waals surface area contributed by atoms with Gasteiger partial charge in [0.15, 0.2) is 0 Å². The van der Waals surface area contributed by atoms with E-state index in [-0.39, 0.29) is 0 Å². The molecule has 0 saturated heterocycles. The fourth-order valence-electron chi connectivity index (χ4n) is 2.93. The maximum Gasteiger partial charge on any atom is 0.135 e. The normalized spacial score (nSPS) is 11.7. The summed E-state index contributed by atoms with van der Waals surface area (Å²) < 4.78 is 5.99. The molecule has 0 N–H and O–H groups in total. The van der Waals surface area contributed by atoms with Crippen LogP contribution < -0.4 is 4.74 Å². The molecule has 4 rings (SSSR count). The second-order valence-corrected chi connectivity index (χ2v) is 5.32. The molecule has 0 unspecified atom stereocenters. The Morgan fingerprint density at radius 1 is 0.696 bits per heavy atom. The first-order valence-corrected chi connectivity index (χ1v) is 7.45. The topological polar surface area (TPSA) is 33.0 Å². The predicted octanol–water partition coefficient (Wildman–Crippen LogP) is 5.27. The van der Waals surface area contributed by atoms with Gasteiger partial charge in [0.1, 0.15) is 17.6 Å². The van der Waals surface area contributed by atoms with Crippen molar-refractivity contribution in [2.45, 2.75) is 0 Å². The van der Waals surface area contributed by atoms with E-state index in [2.05, 4.69) is 6.07 Å². The van der Waals surface area contributed by atoms with Crippen LogP contribution in [0.1, 0.15) is 16.7 Å². The third-order valence-corrected chi connectivity index (χ3v) is 3.96. The third kappa shape index (κ3) is 2.20. The maximum absolute atomic E-state index is 9.83. The van der Waals surface area contributed by atoms with Gasteiger partial charge in [-0.2, -0.15) is 5.26 Å².